The van der Waals surface area contributed by atoms with E-state index in [1.165, 1.54) is 63.1 Å². The van der Waals surface area contributed by atoms with Crippen LogP contribution < -0.4 is 4.74 Å². The van der Waals surface area contributed by atoms with Crippen LogP contribution in [0.25, 0.3) is 0 Å². The van der Waals surface area contributed by atoms with E-state index < -0.39 is 10.0 Å². The molecule has 1 aromatic rings. The lowest BCUT2D eigenvalue weighted by Crippen LogP contribution is -2.42. The summed E-state index contributed by atoms with van der Waals surface area (Å²) in [6.07, 6.45) is 8.43. The first-order valence-corrected chi connectivity index (χ1v) is 14.7. The zero-order valence-electron chi connectivity index (χ0n) is 22.8. The Hall–Kier alpha value is -1.68. The SMILES string of the molecule is COc1cc(C)c(S(=O)(=O)N(C)CCOCC(=O)N(C)[C@H]2CC[C@H](CCN3CCCC3)CC2)c(C)c1. The van der Waals surface area contributed by atoms with Crippen molar-refractivity contribution in [2.45, 2.75) is 69.7 Å². The molecule has 2 aliphatic rings. The number of hydrogen-bond donors (Lipinski definition) is 0. The molecule has 0 unspecified atom stereocenters. The summed E-state index contributed by atoms with van der Waals surface area (Å²) in [6.45, 7) is 7.58. The van der Waals surface area contributed by atoms with Crippen LogP contribution in [0.2, 0.25) is 0 Å². The van der Waals surface area contributed by atoms with Crippen LogP contribution in [0, 0.1) is 19.8 Å². The fourth-order valence-corrected chi connectivity index (χ4v) is 7.12. The number of rotatable bonds is 12. The molecular formula is C27H45N3O5S. The van der Waals surface area contributed by atoms with E-state index in [0.29, 0.717) is 16.9 Å². The Morgan fingerprint density at radius 3 is 2.25 bits per heavy atom. The number of methoxy groups -OCH3 is 1. The smallest absolute Gasteiger partial charge is 0.248 e. The second-order valence-electron chi connectivity index (χ2n) is 10.5. The van der Waals surface area contributed by atoms with Gasteiger partial charge in [0.2, 0.25) is 15.9 Å². The lowest BCUT2D eigenvalue weighted by Gasteiger charge is -2.35. The molecule has 0 atom stereocenters. The zero-order valence-corrected chi connectivity index (χ0v) is 23.6. The highest BCUT2D eigenvalue weighted by atomic mass is 32.2. The molecule has 1 heterocycles. The predicted octanol–water partition coefficient (Wildman–Crippen LogP) is 3.45. The number of likely N-dealkylation sites (N-methyl/N-ethyl adjacent to an activating group) is 2. The first-order valence-electron chi connectivity index (χ1n) is 13.3. The van der Waals surface area contributed by atoms with E-state index in [0.717, 1.165) is 18.8 Å². The second kappa shape index (κ2) is 13.2. The van der Waals surface area contributed by atoms with Gasteiger partial charge in [0.15, 0.2) is 0 Å². The molecule has 1 aliphatic heterocycles. The van der Waals surface area contributed by atoms with E-state index in [2.05, 4.69) is 4.90 Å². The summed E-state index contributed by atoms with van der Waals surface area (Å²) in [5, 5.41) is 0. The molecule has 1 saturated carbocycles. The molecule has 9 heteroatoms. The number of likely N-dealkylation sites (tertiary alicyclic amines) is 1. The van der Waals surface area contributed by atoms with Crippen molar-refractivity contribution in [3.8, 4) is 5.75 Å². The van der Waals surface area contributed by atoms with E-state index in [4.69, 9.17) is 9.47 Å². The largest absolute Gasteiger partial charge is 0.497 e. The fourth-order valence-electron chi connectivity index (χ4n) is 5.56. The Kier molecular flexibility index (Phi) is 10.6. The minimum absolute atomic E-state index is 0.0279. The van der Waals surface area contributed by atoms with Crippen molar-refractivity contribution >= 4 is 15.9 Å². The normalized spacial score (nSPS) is 21.2. The van der Waals surface area contributed by atoms with Gasteiger partial charge in [0, 0.05) is 26.7 Å². The third kappa shape index (κ3) is 7.43. The molecular weight excluding hydrogens is 478 g/mol. The first-order chi connectivity index (χ1) is 17.1. The monoisotopic (exact) mass is 523 g/mol. The molecule has 0 spiro atoms. The van der Waals surface area contributed by atoms with E-state index >= 15 is 0 Å². The number of carbonyl (C=O) groups is 1. The highest BCUT2D eigenvalue weighted by molar-refractivity contribution is 7.89. The van der Waals surface area contributed by atoms with Crippen molar-refractivity contribution in [1.82, 2.24) is 14.1 Å². The Morgan fingerprint density at radius 1 is 1.06 bits per heavy atom. The molecule has 1 aliphatic carbocycles. The molecule has 8 nitrogen and oxygen atoms in total. The lowest BCUT2D eigenvalue weighted by molar-refractivity contribution is -0.137. The highest BCUT2D eigenvalue weighted by Crippen LogP contribution is 2.30. The maximum absolute atomic E-state index is 13.1. The summed E-state index contributed by atoms with van der Waals surface area (Å²) in [7, 11) is 1.29. The topological polar surface area (TPSA) is 79.4 Å². The van der Waals surface area contributed by atoms with Crippen LogP contribution in [-0.2, 0) is 19.6 Å². The van der Waals surface area contributed by atoms with Gasteiger partial charge in [-0.3, -0.25) is 4.79 Å². The Morgan fingerprint density at radius 2 is 1.67 bits per heavy atom. The van der Waals surface area contributed by atoms with Crippen LogP contribution in [0.4, 0.5) is 0 Å². The van der Waals surface area contributed by atoms with Gasteiger partial charge in [0.05, 0.1) is 18.6 Å². The van der Waals surface area contributed by atoms with E-state index in [1.54, 1.807) is 33.1 Å². The Balaban J connectivity index is 1.38. The van der Waals surface area contributed by atoms with Crippen molar-refractivity contribution in [2.24, 2.45) is 5.92 Å². The van der Waals surface area contributed by atoms with E-state index in [9.17, 15) is 13.2 Å². The van der Waals surface area contributed by atoms with Gasteiger partial charge in [-0.2, -0.15) is 4.31 Å². The van der Waals surface area contributed by atoms with Gasteiger partial charge in [-0.25, -0.2) is 8.42 Å². The molecule has 204 valence electrons. The van der Waals surface area contributed by atoms with Gasteiger partial charge in [-0.15, -0.1) is 0 Å². The van der Waals surface area contributed by atoms with Crippen LogP contribution in [0.3, 0.4) is 0 Å². The van der Waals surface area contributed by atoms with Crippen molar-refractivity contribution in [1.29, 1.82) is 0 Å². The van der Waals surface area contributed by atoms with Gasteiger partial charge in [0.25, 0.3) is 0 Å². The van der Waals surface area contributed by atoms with Crippen molar-refractivity contribution in [3.05, 3.63) is 23.3 Å². The molecule has 2 fully saturated rings. The maximum Gasteiger partial charge on any atom is 0.248 e. The number of aryl methyl sites for hydroxylation is 2. The predicted molar refractivity (Wildman–Crippen MR) is 142 cm³/mol. The summed E-state index contributed by atoms with van der Waals surface area (Å²) < 4.78 is 38.4. The Labute approximate surface area is 218 Å². The number of sulfonamides is 1. The van der Waals surface area contributed by atoms with E-state index in [1.807, 2.05) is 11.9 Å². The third-order valence-electron chi connectivity index (χ3n) is 7.92. The number of benzene rings is 1. The van der Waals surface area contributed by atoms with Crippen LogP contribution in [0.5, 0.6) is 5.75 Å². The standard InChI is InChI=1S/C27H45N3O5S/c1-21-18-25(34-5)19-22(2)27(21)36(32,33)28(3)16-17-35-20-26(31)29(4)24-10-8-23(9-11-24)12-15-30-13-6-7-14-30/h18-19,23-24H,6-17,20H2,1-5H3/t23-,24-. The Bertz CT molecular complexity index is 947. The van der Waals surface area contributed by atoms with Crippen molar-refractivity contribution in [3.63, 3.8) is 0 Å². The summed E-state index contributed by atoms with van der Waals surface area (Å²) in [5.41, 5.74) is 1.28. The van der Waals surface area contributed by atoms with Crippen molar-refractivity contribution < 1.29 is 22.7 Å². The number of amides is 1. The average molecular weight is 524 g/mol. The van der Waals surface area contributed by atoms with Gasteiger partial charge >= 0.3 is 0 Å². The summed E-state index contributed by atoms with van der Waals surface area (Å²) in [4.78, 5) is 17.4. The molecule has 36 heavy (non-hydrogen) atoms. The summed E-state index contributed by atoms with van der Waals surface area (Å²) in [6, 6.07) is 3.72. The highest BCUT2D eigenvalue weighted by Gasteiger charge is 2.28. The molecule has 0 bridgehead atoms. The van der Waals surface area contributed by atoms with E-state index in [-0.39, 0.29) is 36.6 Å². The number of hydrogen-bond acceptors (Lipinski definition) is 6. The lowest BCUT2D eigenvalue weighted by atomic mass is 9.83. The van der Waals surface area contributed by atoms with Gasteiger partial charge in [-0.05, 0) is 108 Å². The minimum Gasteiger partial charge on any atom is -0.497 e. The average Bonchev–Trinajstić information content (AvgIpc) is 3.38. The molecule has 0 aromatic heterocycles. The van der Waals surface area contributed by atoms with Gasteiger partial charge < -0.3 is 19.3 Å². The number of carbonyl (C=O) groups excluding carboxylic acids is 1. The fraction of sp³-hybridized carbons (Fsp3) is 0.741. The summed E-state index contributed by atoms with van der Waals surface area (Å²) in [5.74, 6) is 1.37. The quantitative estimate of drug-likeness (QED) is 0.391. The second-order valence-corrected chi connectivity index (χ2v) is 12.5. The molecule has 1 aromatic carbocycles. The van der Waals surface area contributed by atoms with Crippen LogP contribution in [0.1, 0.15) is 56.1 Å². The first kappa shape index (κ1) is 28.9. The molecule has 0 N–H and O–H groups in total. The third-order valence-corrected chi connectivity index (χ3v) is 10.1. The molecule has 1 amide bonds. The number of ether oxygens (including phenoxy) is 2. The molecule has 3 rings (SSSR count). The van der Waals surface area contributed by atoms with Crippen LogP contribution in [-0.4, -0.2) is 95.1 Å². The maximum atomic E-state index is 13.1. The summed E-state index contributed by atoms with van der Waals surface area (Å²) >= 11 is 0. The van der Waals surface area contributed by atoms with Gasteiger partial charge in [-0.1, -0.05) is 0 Å². The molecule has 1 saturated heterocycles. The minimum atomic E-state index is -3.68. The van der Waals surface area contributed by atoms with Crippen molar-refractivity contribution in [2.75, 3.05) is 60.6 Å². The van der Waals surface area contributed by atoms with Crippen LogP contribution >= 0.6 is 0 Å². The number of nitrogens with zero attached hydrogens (tertiary/aromatic N) is 3. The van der Waals surface area contributed by atoms with Gasteiger partial charge in [0.1, 0.15) is 12.4 Å². The molecule has 0 radical (unpaired) electrons. The van der Waals surface area contributed by atoms with Crippen LogP contribution in [0.15, 0.2) is 17.0 Å². The zero-order chi connectivity index (χ0) is 26.3.